The summed E-state index contributed by atoms with van der Waals surface area (Å²) in [5.41, 5.74) is 0.555. The summed E-state index contributed by atoms with van der Waals surface area (Å²) < 4.78 is 0. The highest BCUT2D eigenvalue weighted by molar-refractivity contribution is 7.80. The number of carbonyl (C=O) groups is 1. The fourth-order valence-electron chi connectivity index (χ4n) is 2.42. The van der Waals surface area contributed by atoms with Crippen LogP contribution in [0.25, 0.3) is 0 Å². The third-order valence-corrected chi connectivity index (χ3v) is 4.00. The quantitative estimate of drug-likeness (QED) is 0.647. The molecule has 1 fully saturated rings. The molecule has 1 aliphatic carbocycles. The van der Waals surface area contributed by atoms with E-state index >= 15 is 0 Å². The number of hydrogen-bond donors (Lipinski definition) is 2. The van der Waals surface area contributed by atoms with E-state index in [1.807, 2.05) is 0 Å². The number of rotatable bonds is 2. The molecule has 1 saturated carbocycles. The zero-order valence-electron chi connectivity index (χ0n) is 11.3. The minimum Gasteiger partial charge on any atom is -0.360 e. The fraction of sp³-hybridized carbons (Fsp3) is 0.467. The fourth-order valence-corrected chi connectivity index (χ4v) is 2.81. The van der Waals surface area contributed by atoms with Crippen LogP contribution < -0.4 is 10.6 Å². The van der Waals surface area contributed by atoms with Gasteiger partial charge in [-0.05, 0) is 49.3 Å². The van der Waals surface area contributed by atoms with Crippen LogP contribution in [0.5, 0.6) is 0 Å². The van der Waals surface area contributed by atoms with Gasteiger partial charge >= 0.3 is 0 Å². The molecule has 2 rings (SSSR count). The molecule has 1 amide bonds. The van der Waals surface area contributed by atoms with E-state index in [4.69, 9.17) is 23.8 Å². The lowest BCUT2D eigenvalue weighted by molar-refractivity contribution is 0.0976. The van der Waals surface area contributed by atoms with Crippen molar-refractivity contribution in [1.29, 1.82) is 0 Å². The zero-order chi connectivity index (χ0) is 14.4. The molecule has 0 spiro atoms. The predicted molar refractivity (Wildman–Crippen MR) is 86.1 cm³/mol. The number of hydrogen-bond acceptors (Lipinski definition) is 2. The monoisotopic (exact) mass is 310 g/mol. The van der Waals surface area contributed by atoms with E-state index in [-0.39, 0.29) is 5.91 Å². The molecule has 20 heavy (non-hydrogen) atoms. The van der Waals surface area contributed by atoms with Crippen molar-refractivity contribution in [2.24, 2.45) is 0 Å². The van der Waals surface area contributed by atoms with E-state index in [9.17, 15) is 4.79 Å². The van der Waals surface area contributed by atoms with Crippen LogP contribution in [-0.2, 0) is 0 Å². The summed E-state index contributed by atoms with van der Waals surface area (Å²) in [6.07, 6.45) is 7.29. The van der Waals surface area contributed by atoms with Crippen LogP contribution in [-0.4, -0.2) is 17.1 Å². The highest BCUT2D eigenvalue weighted by Crippen LogP contribution is 2.17. The number of nitrogens with one attached hydrogen (secondary N) is 2. The summed E-state index contributed by atoms with van der Waals surface area (Å²) >= 11 is 11.0. The predicted octanol–water partition coefficient (Wildman–Crippen LogP) is 3.67. The molecule has 3 nitrogen and oxygen atoms in total. The van der Waals surface area contributed by atoms with Gasteiger partial charge in [-0.1, -0.05) is 37.3 Å². The van der Waals surface area contributed by atoms with Crippen molar-refractivity contribution in [2.45, 2.75) is 44.6 Å². The van der Waals surface area contributed by atoms with E-state index in [0.29, 0.717) is 21.7 Å². The van der Waals surface area contributed by atoms with Crippen molar-refractivity contribution in [3.05, 3.63) is 34.9 Å². The first-order chi connectivity index (χ1) is 9.65. The van der Waals surface area contributed by atoms with Gasteiger partial charge in [0.1, 0.15) is 0 Å². The molecule has 0 unspecified atom stereocenters. The first-order valence-electron chi connectivity index (χ1n) is 7.02. The molecular weight excluding hydrogens is 292 g/mol. The lowest BCUT2D eigenvalue weighted by Gasteiger charge is -2.18. The molecule has 0 saturated heterocycles. The Hall–Kier alpha value is -1.13. The lowest BCUT2D eigenvalue weighted by Crippen LogP contribution is -2.44. The third kappa shape index (κ3) is 4.76. The third-order valence-electron chi connectivity index (χ3n) is 3.52. The molecule has 5 heteroatoms. The Bertz CT molecular complexity index is 467. The Morgan fingerprint density at radius 1 is 1.10 bits per heavy atom. The average molecular weight is 311 g/mol. The maximum atomic E-state index is 12.0. The molecule has 0 bridgehead atoms. The van der Waals surface area contributed by atoms with Crippen molar-refractivity contribution in [2.75, 3.05) is 0 Å². The van der Waals surface area contributed by atoms with Crippen molar-refractivity contribution in [3.63, 3.8) is 0 Å². The van der Waals surface area contributed by atoms with Gasteiger partial charge < -0.3 is 5.32 Å². The van der Waals surface area contributed by atoms with Crippen LogP contribution >= 0.6 is 23.8 Å². The van der Waals surface area contributed by atoms with Crippen LogP contribution in [0.1, 0.15) is 48.9 Å². The van der Waals surface area contributed by atoms with Crippen LogP contribution in [0.4, 0.5) is 0 Å². The second kappa shape index (κ2) is 7.60. The van der Waals surface area contributed by atoms with Crippen molar-refractivity contribution in [3.8, 4) is 0 Å². The summed E-state index contributed by atoms with van der Waals surface area (Å²) in [6, 6.07) is 7.14. The summed E-state index contributed by atoms with van der Waals surface area (Å²) in [6.45, 7) is 0. The minimum absolute atomic E-state index is 0.201. The SMILES string of the molecule is O=C(NC(=S)NC1CCCCCC1)c1ccc(Cl)cc1. The van der Waals surface area contributed by atoms with Gasteiger partial charge in [-0.3, -0.25) is 10.1 Å². The number of carbonyl (C=O) groups excluding carboxylic acids is 1. The molecule has 0 aromatic heterocycles. The topological polar surface area (TPSA) is 41.1 Å². The largest absolute Gasteiger partial charge is 0.360 e. The summed E-state index contributed by atoms with van der Waals surface area (Å²) in [7, 11) is 0. The van der Waals surface area contributed by atoms with Gasteiger partial charge in [-0.15, -0.1) is 0 Å². The van der Waals surface area contributed by atoms with Crippen LogP contribution in [0, 0.1) is 0 Å². The van der Waals surface area contributed by atoms with Crippen LogP contribution in [0.2, 0.25) is 5.02 Å². The normalized spacial score (nSPS) is 16.2. The number of amides is 1. The highest BCUT2D eigenvalue weighted by atomic mass is 35.5. The number of halogens is 1. The molecule has 108 valence electrons. The Kier molecular flexibility index (Phi) is 5.80. The Morgan fingerprint density at radius 2 is 1.70 bits per heavy atom. The number of thiocarbonyl (C=S) groups is 1. The van der Waals surface area contributed by atoms with Gasteiger partial charge in [-0.2, -0.15) is 0 Å². The molecular formula is C15H19ClN2OS. The average Bonchev–Trinajstić information content (AvgIpc) is 2.68. The summed E-state index contributed by atoms with van der Waals surface area (Å²) in [5, 5.41) is 6.99. The highest BCUT2D eigenvalue weighted by Gasteiger charge is 2.14. The van der Waals surface area contributed by atoms with Crippen LogP contribution in [0.3, 0.4) is 0 Å². The van der Waals surface area contributed by atoms with Gasteiger partial charge in [-0.25, -0.2) is 0 Å². The van der Waals surface area contributed by atoms with E-state index < -0.39 is 0 Å². The van der Waals surface area contributed by atoms with Gasteiger partial charge in [0.25, 0.3) is 5.91 Å². The van der Waals surface area contributed by atoms with Crippen molar-refractivity contribution >= 4 is 34.8 Å². The van der Waals surface area contributed by atoms with Gasteiger partial charge in [0.15, 0.2) is 5.11 Å². The van der Waals surface area contributed by atoms with Gasteiger partial charge in [0.2, 0.25) is 0 Å². The van der Waals surface area contributed by atoms with Crippen molar-refractivity contribution < 1.29 is 4.79 Å². The second-order valence-electron chi connectivity index (χ2n) is 5.12. The smallest absolute Gasteiger partial charge is 0.257 e. The van der Waals surface area contributed by atoms with Gasteiger partial charge in [0, 0.05) is 16.6 Å². The Labute approximate surface area is 130 Å². The first kappa shape index (κ1) is 15.3. The summed E-state index contributed by atoms with van der Waals surface area (Å²) in [5.74, 6) is -0.201. The lowest BCUT2D eigenvalue weighted by atomic mass is 10.1. The summed E-state index contributed by atoms with van der Waals surface area (Å²) in [4.78, 5) is 12.0. The Balaban J connectivity index is 1.84. The van der Waals surface area contributed by atoms with Crippen LogP contribution in [0.15, 0.2) is 24.3 Å². The molecule has 2 N–H and O–H groups in total. The van der Waals surface area contributed by atoms with Crippen molar-refractivity contribution in [1.82, 2.24) is 10.6 Å². The van der Waals surface area contributed by atoms with Gasteiger partial charge in [0.05, 0.1) is 0 Å². The maximum Gasteiger partial charge on any atom is 0.257 e. The Morgan fingerprint density at radius 3 is 2.30 bits per heavy atom. The second-order valence-corrected chi connectivity index (χ2v) is 5.97. The number of benzene rings is 1. The molecule has 0 heterocycles. The van der Waals surface area contributed by atoms with E-state index in [0.717, 1.165) is 12.8 Å². The molecule has 1 aliphatic rings. The standard InChI is InChI=1S/C15H19ClN2OS/c16-12-9-7-11(8-10-12)14(19)18-15(20)17-13-5-3-1-2-4-6-13/h7-10,13H,1-6H2,(H2,17,18,19,20). The maximum absolute atomic E-state index is 12.0. The molecule has 0 atom stereocenters. The molecule has 1 aromatic carbocycles. The molecule has 1 aromatic rings. The molecule has 0 aliphatic heterocycles. The first-order valence-corrected chi connectivity index (χ1v) is 7.81. The zero-order valence-corrected chi connectivity index (χ0v) is 12.9. The van der Waals surface area contributed by atoms with E-state index in [1.54, 1.807) is 24.3 Å². The van der Waals surface area contributed by atoms with E-state index in [1.165, 1.54) is 25.7 Å². The van der Waals surface area contributed by atoms with E-state index in [2.05, 4.69) is 10.6 Å². The minimum atomic E-state index is -0.201. The molecule has 0 radical (unpaired) electrons.